The highest BCUT2D eigenvalue weighted by Crippen LogP contribution is 2.65. The molecule has 1 aromatic rings. The van der Waals surface area contributed by atoms with Crippen molar-refractivity contribution in [3.8, 4) is 11.5 Å². The smallest absolute Gasteiger partial charge is 0.283 e. The molecule has 6 nitrogen and oxygen atoms in total. The highest BCUT2D eigenvalue weighted by Gasteiger charge is 2.20. The second kappa shape index (κ2) is 7.65. The number of halogens is 2. The van der Waals surface area contributed by atoms with Crippen molar-refractivity contribution in [1.29, 1.82) is 0 Å². The van der Waals surface area contributed by atoms with Crippen molar-refractivity contribution in [2.75, 3.05) is 7.11 Å². The molecule has 0 saturated heterocycles. The maximum absolute atomic E-state index is 10.8. The topological polar surface area (TPSA) is 78.7 Å². The fourth-order valence-corrected chi connectivity index (χ4v) is 3.23. The molecule has 10 heteroatoms. The Morgan fingerprint density at radius 1 is 1.44 bits per heavy atom. The van der Waals surface area contributed by atoms with Crippen molar-refractivity contribution >= 4 is 70.1 Å². The number of methoxy groups -OCH3 is 1. The van der Waals surface area contributed by atoms with Crippen LogP contribution in [0.15, 0.2) is 12.1 Å². The fourth-order valence-electron chi connectivity index (χ4n) is 1.11. The molecule has 0 heterocycles. The van der Waals surface area contributed by atoms with Crippen LogP contribution in [0.4, 0.5) is 5.69 Å². The van der Waals surface area contributed by atoms with Gasteiger partial charge in [-0.05, 0) is 44.1 Å². The Labute approximate surface area is 134 Å². The van der Waals surface area contributed by atoms with Gasteiger partial charge < -0.3 is 8.92 Å². The number of benzene rings is 1. The monoisotopic (exact) mass is 513 g/mol. The fraction of sp³-hybridized carbons (Fsp3) is 0.125. The van der Waals surface area contributed by atoms with Crippen molar-refractivity contribution in [2.45, 2.75) is 0 Å². The molecule has 1 aromatic carbocycles. The minimum Gasteiger partial charge on any atom is -0.493 e. The lowest BCUT2D eigenvalue weighted by Gasteiger charge is -2.09. The summed E-state index contributed by atoms with van der Waals surface area (Å²) in [5.74, 6) is 0.528. The van der Waals surface area contributed by atoms with Crippen LogP contribution in [-0.2, 0) is 0 Å². The molecular weight excluding hydrogens is 507 g/mol. The third-order valence-electron chi connectivity index (χ3n) is 1.82. The number of aldehydes is 1. The molecule has 0 aliphatic rings. The van der Waals surface area contributed by atoms with Gasteiger partial charge in [-0.15, -0.1) is 0 Å². The van der Waals surface area contributed by atoms with E-state index in [1.807, 2.05) is 0 Å². The maximum Gasteiger partial charge on any atom is 0.283 e. The van der Waals surface area contributed by atoms with E-state index in [1.165, 1.54) is 30.9 Å². The second-order valence-electron chi connectivity index (χ2n) is 2.80. The zero-order valence-electron chi connectivity index (χ0n) is 8.83. The first-order valence-electron chi connectivity index (χ1n) is 4.27. The number of hydrogen-bond donors (Lipinski definition) is 0. The lowest BCUT2D eigenvalue weighted by molar-refractivity contribution is -0.385. The van der Waals surface area contributed by atoms with Crippen LogP contribution in [-0.4, -0.2) is 18.3 Å². The van der Waals surface area contributed by atoms with Gasteiger partial charge in [-0.1, -0.05) is 0 Å². The third kappa shape index (κ3) is 4.35. The molecule has 0 fully saturated rings. The number of nitrogens with zero attached hydrogens (tertiary/aromatic N) is 1. The third-order valence-corrected chi connectivity index (χ3v) is 5.64. The molecule has 1 rings (SSSR count). The zero-order chi connectivity index (χ0) is 13.7. The number of nitro benzene ring substituents is 1. The normalized spacial score (nSPS) is 10.2. The van der Waals surface area contributed by atoms with Crippen molar-refractivity contribution in [3.05, 3.63) is 27.8 Å². The van der Waals surface area contributed by atoms with Crippen LogP contribution < -0.4 is 8.92 Å². The highest BCUT2D eigenvalue weighted by atomic mass is 127. The summed E-state index contributed by atoms with van der Waals surface area (Å²) < 4.78 is 9.96. The van der Waals surface area contributed by atoms with Crippen LogP contribution in [0.2, 0.25) is 0 Å². The molecule has 0 N–H and O–H groups in total. The van der Waals surface area contributed by atoms with E-state index in [1.54, 1.807) is 0 Å². The summed E-state index contributed by atoms with van der Waals surface area (Å²) in [6.45, 7) is 0. The predicted octanol–water partition coefficient (Wildman–Crippen LogP) is 4.54. The molecule has 0 saturated carbocycles. The number of carbonyl (C=O) groups is 1. The number of carbonyl (C=O) groups excluding carboxylic acids is 1. The zero-order valence-corrected chi connectivity index (χ0v) is 14.9. The van der Waals surface area contributed by atoms with E-state index in [0.29, 0.717) is 12.0 Å². The molecule has 98 valence electrons. The van der Waals surface area contributed by atoms with Gasteiger partial charge >= 0.3 is 0 Å². The Kier molecular flexibility index (Phi) is 6.88. The Bertz CT molecular complexity index is 473. The van der Waals surface area contributed by atoms with Crippen LogP contribution in [0, 0.1) is 10.1 Å². The van der Waals surface area contributed by atoms with E-state index in [9.17, 15) is 14.9 Å². The van der Waals surface area contributed by atoms with E-state index in [4.69, 9.17) is 8.92 Å². The molecule has 18 heavy (non-hydrogen) atoms. The lowest BCUT2D eigenvalue weighted by Crippen LogP contribution is -1.97. The van der Waals surface area contributed by atoms with Crippen molar-refractivity contribution in [1.82, 2.24) is 0 Å². The maximum atomic E-state index is 10.8. The van der Waals surface area contributed by atoms with Crippen LogP contribution in [0.5, 0.6) is 11.5 Å². The van der Waals surface area contributed by atoms with Gasteiger partial charge in [0.05, 0.1) is 23.7 Å². The Balaban J connectivity index is 3.18. The lowest BCUT2D eigenvalue weighted by atomic mass is 10.2. The van der Waals surface area contributed by atoms with E-state index in [-0.39, 0.29) is 17.0 Å². The van der Waals surface area contributed by atoms with Crippen LogP contribution >= 0.6 is 58.2 Å². The van der Waals surface area contributed by atoms with Gasteiger partial charge in [-0.25, -0.2) is 0 Å². The highest BCUT2D eigenvalue weighted by molar-refractivity contribution is 14.3. The van der Waals surface area contributed by atoms with E-state index in [2.05, 4.69) is 44.1 Å². The van der Waals surface area contributed by atoms with Crippen LogP contribution in [0.25, 0.3) is 0 Å². The van der Waals surface area contributed by atoms with Crippen LogP contribution in [0.3, 0.4) is 0 Å². The average Bonchev–Trinajstić information content (AvgIpc) is 2.34. The number of rotatable bonds is 6. The van der Waals surface area contributed by atoms with Crippen molar-refractivity contribution < 1.29 is 18.6 Å². The van der Waals surface area contributed by atoms with E-state index in [0.717, 1.165) is 0 Å². The first-order valence-corrected chi connectivity index (χ1v) is 12.5. The van der Waals surface area contributed by atoms with Gasteiger partial charge in [0.25, 0.3) is 5.69 Å². The Morgan fingerprint density at radius 3 is 2.56 bits per heavy atom. The Hall–Kier alpha value is 0.130. The SMILES string of the molecule is COc1cc(C=O)c([N+](=O)[O-])cc1OSP(I)I. The number of hydrogen-bond acceptors (Lipinski definition) is 6. The summed E-state index contributed by atoms with van der Waals surface area (Å²) in [7, 11) is 1.41. The molecule has 0 bridgehead atoms. The minimum atomic E-state index is -0.627. The summed E-state index contributed by atoms with van der Waals surface area (Å²) in [5.41, 5.74) is -0.340. The van der Waals surface area contributed by atoms with Gasteiger partial charge in [0.2, 0.25) is 0 Å². The van der Waals surface area contributed by atoms with Crippen LogP contribution in [0.1, 0.15) is 10.4 Å². The molecule has 0 atom stereocenters. The summed E-state index contributed by atoms with van der Waals surface area (Å²) >= 11 is 5.57. The molecule has 0 unspecified atom stereocenters. The molecule has 0 aromatic heterocycles. The molecule has 0 radical (unpaired) electrons. The Morgan fingerprint density at radius 2 is 2.11 bits per heavy atom. The molecular formula is C8H6I2NO5PS. The van der Waals surface area contributed by atoms with E-state index < -0.39 is 7.33 Å². The van der Waals surface area contributed by atoms with Crippen molar-refractivity contribution in [2.24, 2.45) is 0 Å². The molecule has 0 aliphatic heterocycles. The molecule has 0 aliphatic carbocycles. The van der Waals surface area contributed by atoms with Gasteiger partial charge in [0.1, 0.15) is 14.1 Å². The largest absolute Gasteiger partial charge is 0.493 e. The standard InChI is InChI=1S/C8H6I2NO5PS/c1-15-7-2-5(4-12)6(11(13)14)3-8(7)16-18-17(9)10/h2-4H,1H3. The van der Waals surface area contributed by atoms with Gasteiger partial charge in [0.15, 0.2) is 17.8 Å². The summed E-state index contributed by atoms with van der Waals surface area (Å²) in [6, 6.07) is 2.49. The first-order chi connectivity index (χ1) is 8.49. The molecule has 0 amide bonds. The predicted molar refractivity (Wildman–Crippen MR) is 88.2 cm³/mol. The number of ether oxygens (including phenoxy) is 1. The second-order valence-corrected chi connectivity index (χ2v) is 20.3. The summed E-state index contributed by atoms with van der Waals surface area (Å²) in [5, 5.41) is 10.8. The van der Waals surface area contributed by atoms with Gasteiger partial charge in [-0.3, -0.25) is 14.9 Å². The van der Waals surface area contributed by atoms with Gasteiger partial charge in [-0.2, -0.15) is 0 Å². The van der Waals surface area contributed by atoms with Gasteiger partial charge in [0, 0.05) is 6.07 Å². The average molecular weight is 513 g/mol. The molecule has 0 spiro atoms. The quantitative estimate of drug-likeness (QED) is 0.139. The minimum absolute atomic E-state index is 0.0413. The van der Waals surface area contributed by atoms with E-state index >= 15 is 0 Å². The summed E-state index contributed by atoms with van der Waals surface area (Å²) in [6.07, 6.45) is 0.418. The number of nitro groups is 1. The summed E-state index contributed by atoms with van der Waals surface area (Å²) in [4.78, 5) is 21.0. The first kappa shape index (κ1) is 16.2. The van der Waals surface area contributed by atoms with Crippen molar-refractivity contribution in [3.63, 3.8) is 0 Å².